The molecule has 1 saturated heterocycles. The summed E-state index contributed by atoms with van der Waals surface area (Å²) in [6, 6.07) is 6.60. The normalized spacial score (nSPS) is 16.3. The average molecular weight is 337 g/mol. The van der Waals surface area contributed by atoms with Crippen molar-refractivity contribution in [3.05, 3.63) is 57.2 Å². The molecule has 1 aliphatic heterocycles. The number of benzene rings is 1. The first-order chi connectivity index (χ1) is 11.1. The number of anilines is 1. The van der Waals surface area contributed by atoms with Crippen LogP contribution in [0.1, 0.15) is 12.0 Å². The molecule has 0 radical (unpaired) electrons. The second-order valence-corrected chi connectivity index (χ2v) is 6.02. The number of aromatic amines is 1. The molecule has 7 heteroatoms. The van der Waals surface area contributed by atoms with Gasteiger partial charge in [-0.3, -0.25) is 9.69 Å². The third-order valence-electron chi connectivity index (χ3n) is 4.03. The van der Waals surface area contributed by atoms with Crippen LogP contribution in [0, 0.1) is 5.82 Å². The Bertz CT molecular complexity index is 719. The van der Waals surface area contributed by atoms with Gasteiger partial charge in [0.15, 0.2) is 0 Å². The fraction of sp³-hybridized carbons (Fsp3) is 0.375. The number of nitrogens with zero attached hydrogens (tertiary/aromatic N) is 3. The molecule has 0 spiro atoms. The van der Waals surface area contributed by atoms with Gasteiger partial charge in [-0.05, 0) is 24.1 Å². The van der Waals surface area contributed by atoms with Gasteiger partial charge < -0.3 is 4.90 Å². The molecule has 122 valence electrons. The largest absolute Gasteiger partial charge is 0.368 e. The van der Waals surface area contributed by atoms with Gasteiger partial charge in [-0.1, -0.05) is 23.7 Å². The van der Waals surface area contributed by atoms with Gasteiger partial charge in [-0.2, -0.15) is 5.10 Å². The highest BCUT2D eigenvalue weighted by molar-refractivity contribution is 6.32. The maximum Gasteiger partial charge on any atom is 0.285 e. The maximum atomic E-state index is 13.0. The van der Waals surface area contributed by atoms with Crippen LogP contribution in [-0.2, 0) is 6.54 Å². The summed E-state index contributed by atoms with van der Waals surface area (Å²) in [5, 5.41) is 6.36. The summed E-state index contributed by atoms with van der Waals surface area (Å²) in [6.45, 7) is 4.18. The highest BCUT2D eigenvalue weighted by Gasteiger charge is 2.18. The topological polar surface area (TPSA) is 52.2 Å². The van der Waals surface area contributed by atoms with Crippen molar-refractivity contribution in [3.63, 3.8) is 0 Å². The zero-order valence-electron chi connectivity index (χ0n) is 12.6. The minimum absolute atomic E-state index is 0.187. The van der Waals surface area contributed by atoms with Crippen molar-refractivity contribution in [2.24, 2.45) is 0 Å². The van der Waals surface area contributed by atoms with Gasteiger partial charge in [0, 0.05) is 32.7 Å². The smallest absolute Gasteiger partial charge is 0.285 e. The van der Waals surface area contributed by atoms with E-state index in [0.717, 1.165) is 44.7 Å². The summed E-state index contributed by atoms with van der Waals surface area (Å²) in [5.74, 6) is -0.216. The number of halogens is 2. The lowest BCUT2D eigenvalue weighted by Crippen LogP contribution is -2.31. The zero-order chi connectivity index (χ0) is 16.2. The molecule has 1 aliphatic rings. The Labute approximate surface area is 138 Å². The van der Waals surface area contributed by atoms with E-state index in [2.05, 4.69) is 20.0 Å². The fourth-order valence-electron chi connectivity index (χ4n) is 2.81. The van der Waals surface area contributed by atoms with Gasteiger partial charge in [-0.25, -0.2) is 9.49 Å². The van der Waals surface area contributed by atoms with E-state index in [0.29, 0.717) is 5.69 Å². The summed E-state index contributed by atoms with van der Waals surface area (Å²) in [4.78, 5) is 16.0. The van der Waals surface area contributed by atoms with E-state index in [4.69, 9.17) is 11.6 Å². The molecule has 3 rings (SSSR count). The monoisotopic (exact) mass is 336 g/mol. The average Bonchev–Trinajstić information content (AvgIpc) is 2.78. The summed E-state index contributed by atoms with van der Waals surface area (Å²) in [7, 11) is 0. The zero-order valence-corrected chi connectivity index (χ0v) is 13.4. The second-order valence-electron chi connectivity index (χ2n) is 5.64. The molecule has 1 aromatic carbocycles. The molecular formula is C16H18ClFN4O. The van der Waals surface area contributed by atoms with Gasteiger partial charge in [0.25, 0.3) is 5.56 Å². The van der Waals surface area contributed by atoms with E-state index in [1.54, 1.807) is 6.20 Å². The quantitative estimate of drug-likeness (QED) is 0.934. The summed E-state index contributed by atoms with van der Waals surface area (Å²) in [6.07, 6.45) is 2.56. The van der Waals surface area contributed by atoms with Crippen LogP contribution < -0.4 is 10.5 Å². The first-order valence-electron chi connectivity index (χ1n) is 7.58. The van der Waals surface area contributed by atoms with Crippen LogP contribution in [0.5, 0.6) is 0 Å². The molecule has 0 aliphatic carbocycles. The Morgan fingerprint density at radius 3 is 2.74 bits per heavy atom. The molecular weight excluding hydrogens is 319 g/mol. The number of hydrogen-bond donors (Lipinski definition) is 1. The van der Waals surface area contributed by atoms with E-state index in [1.807, 2.05) is 12.1 Å². The highest BCUT2D eigenvalue weighted by atomic mass is 35.5. The SMILES string of the molecule is O=c1[nH]ncc(N2CCCN(Cc3ccc(F)cc3)CC2)c1Cl. The van der Waals surface area contributed by atoms with E-state index >= 15 is 0 Å². The van der Waals surface area contributed by atoms with Gasteiger partial charge in [0.1, 0.15) is 10.8 Å². The van der Waals surface area contributed by atoms with E-state index in [-0.39, 0.29) is 16.4 Å². The first-order valence-corrected chi connectivity index (χ1v) is 7.96. The Hall–Kier alpha value is -1.92. The standard InChI is InChI=1S/C16H18ClFN4O/c17-15-14(10-19-20-16(15)23)22-7-1-6-21(8-9-22)11-12-2-4-13(18)5-3-12/h2-5,10H,1,6-9,11H2,(H,20,23). The predicted molar refractivity (Wildman–Crippen MR) is 88.4 cm³/mol. The van der Waals surface area contributed by atoms with Crippen molar-refractivity contribution >= 4 is 17.3 Å². The van der Waals surface area contributed by atoms with Crippen LogP contribution in [-0.4, -0.2) is 41.3 Å². The molecule has 23 heavy (non-hydrogen) atoms. The fourth-order valence-corrected chi connectivity index (χ4v) is 3.02. The van der Waals surface area contributed by atoms with Crippen molar-refractivity contribution in [1.29, 1.82) is 0 Å². The third kappa shape index (κ3) is 3.89. The number of nitrogens with one attached hydrogen (secondary N) is 1. The molecule has 1 fully saturated rings. The van der Waals surface area contributed by atoms with Crippen molar-refractivity contribution in [3.8, 4) is 0 Å². The minimum Gasteiger partial charge on any atom is -0.368 e. The number of hydrogen-bond acceptors (Lipinski definition) is 4. The van der Waals surface area contributed by atoms with Crippen LogP contribution in [0.25, 0.3) is 0 Å². The van der Waals surface area contributed by atoms with E-state index < -0.39 is 0 Å². The number of rotatable bonds is 3. The summed E-state index contributed by atoms with van der Waals surface area (Å²) >= 11 is 6.09. The van der Waals surface area contributed by atoms with Gasteiger partial charge in [0.05, 0.1) is 11.9 Å². The number of H-pyrrole nitrogens is 1. The van der Waals surface area contributed by atoms with Crippen LogP contribution >= 0.6 is 11.6 Å². The third-order valence-corrected chi connectivity index (χ3v) is 4.39. The van der Waals surface area contributed by atoms with Gasteiger partial charge in [0.2, 0.25) is 0 Å². The molecule has 0 unspecified atom stereocenters. The molecule has 0 saturated carbocycles. The Balaban J connectivity index is 1.66. The Kier molecular flexibility index (Phi) is 4.93. The van der Waals surface area contributed by atoms with Crippen molar-refractivity contribution < 1.29 is 4.39 Å². The van der Waals surface area contributed by atoms with E-state index in [9.17, 15) is 9.18 Å². The maximum absolute atomic E-state index is 13.0. The predicted octanol–water partition coefficient (Wildman–Crippen LogP) is 2.27. The lowest BCUT2D eigenvalue weighted by atomic mass is 10.2. The Morgan fingerprint density at radius 2 is 1.96 bits per heavy atom. The van der Waals surface area contributed by atoms with Gasteiger partial charge in [-0.15, -0.1) is 0 Å². The molecule has 2 aromatic rings. The summed E-state index contributed by atoms with van der Waals surface area (Å²) in [5.41, 5.74) is 1.41. The minimum atomic E-state index is -0.364. The van der Waals surface area contributed by atoms with Crippen LogP contribution in [0.15, 0.2) is 35.3 Å². The van der Waals surface area contributed by atoms with E-state index in [1.165, 1.54) is 12.1 Å². The van der Waals surface area contributed by atoms with Crippen LogP contribution in [0.3, 0.4) is 0 Å². The van der Waals surface area contributed by atoms with Crippen molar-refractivity contribution in [2.75, 3.05) is 31.1 Å². The molecule has 0 amide bonds. The molecule has 0 bridgehead atoms. The summed E-state index contributed by atoms with van der Waals surface area (Å²) < 4.78 is 13.0. The van der Waals surface area contributed by atoms with Crippen LogP contribution in [0.4, 0.5) is 10.1 Å². The van der Waals surface area contributed by atoms with Crippen LogP contribution in [0.2, 0.25) is 5.02 Å². The molecule has 2 heterocycles. The molecule has 1 aromatic heterocycles. The number of aromatic nitrogens is 2. The molecule has 0 atom stereocenters. The van der Waals surface area contributed by atoms with Crippen molar-refractivity contribution in [1.82, 2.24) is 15.1 Å². The highest BCUT2D eigenvalue weighted by Crippen LogP contribution is 2.22. The first kappa shape index (κ1) is 16.0. The van der Waals surface area contributed by atoms with Gasteiger partial charge >= 0.3 is 0 Å². The second kappa shape index (κ2) is 7.10. The Morgan fingerprint density at radius 1 is 1.17 bits per heavy atom. The molecule has 1 N–H and O–H groups in total. The van der Waals surface area contributed by atoms with Crippen molar-refractivity contribution in [2.45, 2.75) is 13.0 Å². The molecule has 5 nitrogen and oxygen atoms in total. The lowest BCUT2D eigenvalue weighted by Gasteiger charge is -2.23. The lowest BCUT2D eigenvalue weighted by molar-refractivity contribution is 0.285.